The molecule has 2 aromatic rings. The third kappa shape index (κ3) is 4.05. The van der Waals surface area contributed by atoms with Crippen molar-refractivity contribution in [1.29, 1.82) is 0 Å². The van der Waals surface area contributed by atoms with E-state index in [1.54, 1.807) is 18.3 Å². The average Bonchev–Trinajstić information content (AvgIpc) is 2.53. The zero-order valence-electron chi connectivity index (χ0n) is 12.5. The first-order valence-electron chi connectivity index (χ1n) is 7.27. The van der Waals surface area contributed by atoms with Gasteiger partial charge in [-0.25, -0.2) is 4.98 Å². The molecule has 0 aliphatic rings. The highest BCUT2D eigenvalue weighted by Crippen LogP contribution is 2.12. The number of carbonyl (C=O) groups is 1. The summed E-state index contributed by atoms with van der Waals surface area (Å²) in [7, 11) is 0. The second-order valence-corrected chi connectivity index (χ2v) is 4.77. The molecule has 0 atom stereocenters. The van der Waals surface area contributed by atoms with Gasteiger partial charge in [0.15, 0.2) is 0 Å². The molecule has 0 saturated carbocycles. The van der Waals surface area contributed by atoms with Crippen LogP contribution in [0, 0.1) is 0 Å². The Kier molecular flexibility index (Phi) is 5.32. The minimum Gasteiger partial charge on any atom is -0.370 e. The Hall–Kier alpha value is -2.36. The normalized spacial score (nSPS) is 10.2. The summed E-state index contributed by atoms with van der Waals surface area (Å²) in [5.74, 6) is 0.766. The van der Waals surface area contributed by atoms with Gasteiger partial charge in [-0.2, -0.15) is 0 Å². The molecule has 1 amide bonds. The molecule has 0 radical (unpaired) electrons. The van der Waals surface area contributed by atoms with E-state index < -0.39 is 0 Å². The van der Waals surface area contributed by atoms with Gasteiger partial charge in [0.1, 0.15) is 5.82 Å². The molecule has 0 bridgehead atoms. The van der Waals surface area contributed by atoms with E-state index in [9.17, 15) is 4.79 Å². The largest absolute Gasteiger partial charge is 0.370 e. The number of hydrogen-bond donors (Lipinski definition) is 1. The van der Waals surface area contributed by atoms with Gasteiger partial charge in [-0.15, -0.1) is 0 Å². The molecule has 0 aliphatic carbocycles. The Balaban J connectivity index is 2.14. The average molecular weight is 283 g/mol. The van der Waals surface area contributed by atoms with Crippen LogP contribution in [0.4, 0.5) is 5.82 Å². The molecule has 1 N–H and O–H groups in total. The third-order valence-corrected chi connectivity index (χ3v) is 3.25. The molecule has 1 heterocycles. The fourth-order valence-electron chi connectivity index (χ4n) is 2.15. The Bertz CT molecular complexity index is 584. The van der Waals surface area contributed by atoms with E-state index in [0.29, 0.717) is 18.7 Å². The molecule has 110 valence electrons. The fraction of sp³-hybridized carbons (Fsp3) is 0.294. The molecule has 2 rings (SSSR count). The van der Waals surface area contributed by atoms with Crippen LogP contribution in [0.25, 0.3) is 0 Å². The SMILES string of the molecule is CCNc1cc(C(=O)N(CC)Cc2ccccc2)ccn1. The number of nitrogens with one attached hydrogen (secondary N) is 1. The van der Waals surface area contributed by atoms with Crippen molar-refractivity contribution in [1.82, 2.24) is 9.88 Å². The van der Waals surface area contributed by atoms with E-state index in [-0.39, 0.29) is 5.91 Å². The molecule has 0 unspecified atom stereocenters. The van der Waals surface area contributed by atoms with Crippen molar-refractivity contribution in [3.05, 3.63) is 59.8 Å². The topological polar surface area (TPSA) is 45.2 Å². The van der Waals surface area contributed by atoms with Crippen molar-refractivity contribution in [3.63, 3.8) is 0 Å². The van der Waals surface area contributed by atoms with Crippen LogP contribution >= 0.6 is 0 Å². The lowest BCUT2D eigenvalue weighted by Crippen LogP contribution is -2.30. The lowest BCUT2D eigenvalue weighted by Gasteiger charge is -2.21. The number of benzene rings is 1. The number of carbonyl (C=O) groups excluding carboxylic acids is 1. The number of aromatic nitrogens is 1. The lowest BCUT2D eigenvalue weighted by molar-refractivity contribution is 0.0752. The number of rotatable bonds is 6. The first-order chi connectivity index (χ1) is 10.2. The monoisotopic (exact) mass is 283 g/mol. The third-order valence-electron chi connectivity index (χ3n) is 3.25. The van der Waals surface area contributed by atoms with Crippen molar-refractivity contribution in [2.45, 2.75) is 20.4 Å². The Morgan fingerprint density at radius 3 is 2.62 bits per heavy atom. The van der Waals surface area contributed by atoms with Crippen LogP contribution in [0.3, 0.4) is 0 Å². The van der Waals surface area contributed by atoms with Crippen molar-refractivity contribution >= 4 is 11.7 Å². The molecule has 4 nitrogen and oxygen atoms in total. The molecular weight excluding hydrogens is 262 g/mol. The Morgan fingerprint density at radius 2 is 1.95 bits per heavy atom. The van der Waals surface area contributed by atoms with Gasteiger partial charge in [-0.05, 0) is 31.5 Å². The van der Waals surface area contributed by atoms with E-state index in [0.717, 1.165) is 17.9 Å². The Labute approximate surface area is 125 Å². The molecule has 21 heavy (non-hydrogen) atoms. The zero-order chi connectivity index (χ0) is 15.1. The summed E-state index contributed by atoms with van der Waals surface area (Å²) in [6.07, 6.45) is 1.67. The first-order valence-corrected chi connectivity index (χ1v) is 7.27. The number of pyridine rings is 1. The van der Waals surface area contributed by atoms with Gasteiger partial charge in [0, 0.05) is 31.4 Å². The molecule has 1 aromatic carbocycles. The van der Waals surface area contributed by atoms with Gasteiger partial charge in [-0.3, -0.25) is 4.79 Å². The fourth-order valence-corrected chi connectivity index (χ4v) is 2.15. The van der Waals surface area contributed by atoms with Gasteiger partial charge >= 0.3 is 0 Å². The van der Waals surface area contributed by atoms with Gasteiger partial charge in [0.25, 0.3) is 5.91 Å². The predicted molar refractivity (Wildman–Crippen MR) is 85.3 cm³/mol. The molecule has 0 fully saturated rings. The maximum absolute atomic E-state index is 12.6. The van der Waals surface area contributed by atoms with Crippen LogP contribution in [0.2, 0.25) is 0 Å². The van der Waals surface area contributed by atoms with Crippen LogP contribution < -0.4 is 5.32 Å². The van der Waals surface area contributed by atoms with Crippen LogP contribution in [0.5, 0.6) is 0 Å². The number of hydrogen-bond acceptors (Lipinski definition) is 3. The van der Waals surface area contributed by atoms with E-state index in [2.05, 4.69) is 10.3 Å². The van der Waals surface area contributed by atoms with E-state index in [1.807, 2.05) is 49.1 Å². The van der Waals surface area contributed by atoms with Crippen molar-refractivity contribution in [2.75, 3.05) is 18.4 Å². The summed E-state index contributed by atoms with van der Waals surface area (Å²) >= 11 is 0. The van der Waals surface area contributed by atoms with Gasteiger partial charge in [0.05, 0.1) is 0 Å². The zero-order valence-corrected chi connectivity index (χ0v) is 12.5. The number of nitrogens with zero attached hydrogens (tertiary/aromatic N) is 2. The quantitative estimate of drug-likeness (QED) is 0.885. The van der Waals surface area contributed by atoms with Crippen molar-refractivity contribution < 1.29 is 4.79 Å². The minimum atomic E-state index is 0.0305. The van der Waals surface area contributed by atoms with Crippen LogP contribution in [0.15, 0.2) is 48.7 Å². The highest BCUT2D eigenvalue weighted by Gasteiger charge is 2.15. The molecular formula is C17H21N3O. The summed E-state index contributed by atoms with van der Waals surface area (Å²) in [4.78, 5) is 18.6. The van der Waals surface area contributed by atoms with E-state index in [4.69, 9.17) is 0 Å². The smallest absolute Gasteiger partial charge is 0.254 e. The van der Waals surface area contributed by atoms with Crippen LogP contribution in [-0.4, -0.2) is 28.9 Å². The standard InChI is InChI=1S/C17H21N3O/c1-3-18-16-12-15(10-11-19-16)17(21)20(4-2)13-14-8-6-5-7-9-14/h5-12H,3-4,13H2,1-2H3,(H,18,19). The minimum absolute atomic E-state index is 0.0305. The predicted octanol–water partition coefficient (Wildman–Crippen LogP) is 3.18. The highest BCUT2D eigenvalue weighted by molar-refractivity contribution is 5.94. The molecule has 0 spiro atoms. The molecule has 0 aliphatic heterocycles. The lowest BCUT2D eigenvalue weighted by atomic mass is 10.2. The maximum Gasteiger partial charge on any atom is 0.254 e. The first kappa shape index (κ1) is 15.0. The summed E-state index contributed by atoms with van der Waals surface area (Å²) in [5, 5.41) is 3.13. The summed E-state index contributed by atoms with van der Waals surface area (Å²) in [6, 6.07) is 13.6. The summed E-state index contributed by atoms with van der Waals surface area (Å²) < 4.78 is 0. The second kappa shape index (κ2) is 7.43. The van der Waals surface area contributed by atoms with Gasteiger partial charge < -0.3 is 10.2 Å². The van der Waals surface area contributed by atoms with Gasteiger partial charge in [-0.1, -0.05) is 30.3 Å². The summed E-state index contributed by atoms with van der Waals surface area (Å²) in [6.45, 7) is 6.07. The molecule has 0 saturated heterocycles. The van der Waals surface area contributed by atoms with E-state index >= 15 is 0 Å². The number of amides is 1. The number of anilines is 1. The maximum atomic E-state index is 12.6. The Morgan fingerprint density at radius 1 is 1.19 bits per heavy atom. The van der Waals surface area contributed by atoms with Crippen LogP contribution in [0.1, 0.15) is 29.8 Å². The second-order valence-electron chi connectivity index (χ2n) is 4.77. The molecule has 4 heteroatoms. The van der Waals surface area contributed by atoms with Crippen LogP contribution in [-0.2, 0) is 6.54 Å². The van der Waals surface area contributed by atoms with Crippen molar-refractivity contribution in [3.8, 4) is 0 Å². The molecule has 1 aromatic heterocycles. The highest BCUT2D eigenvalue weighted by atomic mass is 16.2. The van der Waals surface area contributed by atoms with Crippen molar-refractivity contribution in [2.24, 2.45) is 0 Å². The van der Waals surface area contributed by atoms with Gasteiger partial charge in [0.2, 0.25) is 0 Å². The van der Waals surface area contributed by atoms with E-state index in [1.165, 1.54) is 0 Å². The summed E-state index contributed by atoms with van der Waals surface area (Å²) in [5.41, 5.74) is 1.80.